The summed E-state index contributed by atoms with van der Waals surface area (Å²) in [6.07, 6.45) is 1.82. The molecule has 4 heteroatoms. The minimum absolute atomic E-state index is 0.444. The van der Waals surface area contributed by atoms with Gasteiger partial charge in [0.1, 0.15) is 0 Å². The van der Waals surface area contributed by atoms with E-state index in [1.54, 1.807) is 7.11 Å². The van der Waals surface area contributed by atoms with Crippen molar-refractivity contribution in [2.24, 2.45) is 0 Å². The number of rotatable bonds is 2. The maximum atomic E-state index is 5.36. The van der Waals surface area contributed by atoms with Crippen molar-refractivity contribution in [3.63, 3.8) is 0 Å². The summed E-state index contributed by atoms with van der Waals surface area (Å²) >= 11 is 0. The van der Waals surface area contributed by atoms with Gasteiger partial charge in [-0.15, -0.1) is 0 Å². The first-order valence-electron chi connectivity index (χ1n) is 5.71. The summed E-state index contributed by atoms with van der Waals surface area (Å²) in [4.78, 5) is 6.74. The molecular weight excluding hydrogens is 202 g/mol. The number of pyridine rings is 1. The van der Waals surface area contributed by atoms with E-state index < -0.39 is 0 Å². The Bertz CT molecular complexity index is 356. The third-order valence-electron chi connectivity index (χ3n) is 3.01. The van der Waals surface area contributed by atoms with Crippen LogP contribution in [0.15, 0.2) is 18.3 Å². The van der Waals surface area contributed by atoms with E-state index in [-0.39, 0.29) is 0 Å². The topological polar surface area (TPSA) is 37.4 Å². The molecule has 0 amide bonds. The van der Waals surface area contributed by atoms with Crippen LogP contribution in [-0.4, -0.2) is 37.3 Å². The van der Waals surface area contributed by atoms with E-state index in [4.69, 9.17) is 4.74 Å². The van der Waals surface area contributed by atoms with Crippen LogP contribution in [0.2, 0.25) is 0 Å². The first-order chi connectivity index (χ1) is 7.72. The summed E-state index contributed by atoms with van der Waals surface area (Å²) < 4.78 is 5.36. The molecule has 1 aliphatic heterocycles. The van der Waals surface area contributed by atoms with Crippen molar-refractivity contribution in [2.75, 3.05) is 25.1 Å². The SMILES string of the molecule is COc1cccnc1N1CC(C)NCC1C. The Hall–Kier alpha value is -1.29. The minimum atomic E-state index is 0.444. The van der Waals surface area contributed by atoms with Gasteiger partial charge in [0, 0.05) is 31.4 Å². The Morgan fingerprint density at radius 1 is 1.50 bits per heavy atom. The van der Waals surface area contributed by atoms with Crippen LogP contribution in [0.25, 0.3) is 0 Å². The lowest BCUT2D eigenvalue weighted by Gasteiger charge is -2.38. The number of methoxy groups -OCH3 is 1. The third-order valence-corrected chi connectivity index (χ3v) is 3.01. The van der Waals surface area contributed by atoms with Crippen LogP contribution in [0, 0.1) is 0 Å². The molecule has 0 aliphatic carbocycles. The maximum Gasteiger partial charge on any atom is 0.171 e. The van der Waals surface area contributed by atoms with Gasteiger partial charge in [0.2, 0.25) is 0 Å². The van der Waals surface area contributed by atoms with Crippen molar-refractivity contribution >= 4 is 5.82 Å². The van der Waals surface area contributed by atoms with Crippen LogP contribution < -0.4 is 15.0 Å². The Balaban J connectivity index is 2.27. The molecule has 2 rings (SSSR count). The van der Waals surface area contributed by atoms with Crippen molar-refractivity contribution in [1.82, 2.24) is 10.3 Å². The van der Waals surface area contributed by atoms with Gasteiger partial charge in [-0.25, -0.2) is 4.98 Å². The Kier molecular flexibility index (Phi) is 3.29. The molecule has 1 aliphatic rings. The third kappa shape index (κ3) is 2.11. The van der Waals surface area contributed by atoms with Crippen LogP contribution in [0.1, 0.15) is 13.8 Å². The summed E-state index contributed by atoms with van der Waals surface area (Å²) in [6, 6.07) is 4.79. The fourth-order valence-electron chi connectivity index (χ4n) is 2.07. The fourth-order valence-corrected chi connectivity index (χ4v) is 2.07. The average Bonchev–Trinajstić information content (AvgIpc) is 2.32. The second-order valence-corrected chi connectivity index (χ2v) is 4.34. The molecule has 1 N–H and O–H groups in total. The predicted molar refractivity (Wildman–Crippen MR) is 65.1 cm³/mol. The van der Waals surface area contributed by atoms with Gasteiger partial charge in [-0.05, 0) is 26.0 Å². The summed E-state index contributed by atoms with van der Waals surface area (Å²) in [6.45, 7) is 6.34. The van der Waals surface area contributed by atoms with Gasteiger partial charge < -0.3 is 15.0 Å². The zero-order valence-electron chi connectivity index (χ0n) is 10.1. The summed E-state index contributed by atoms with van der Waals surface area (Å²) in [5.74, 6) is 1.80. The lowest BCUT2D eigenvalue weighted by Crippen LogP contribution is -2.54. The molecule has 0 aromatic carbocycles. The highest BCUT2D eigenvalue weighted by Gasteiger charge is 2.25. The van der Waals surface area contributed by atoms with Crippen molar-refractivity contribution in [2.45, 2.75) is 25.9 Å². The predicted octanol–water partition coefficient (Wildman–Crippen LogP) is 1.28. The molecular formula is C12H19N3O. The standard InChI is InChI=1S/C12H19N3O/c1-9-8-15(10(2)7-14-9)12-11(16-3)5-4-6-13-12/h4-6,9-10,14H,7-8H2,1-3H3. The summed E-state index contributed by atoms with van der Waals surface area (Å²) in [5, 5.41) is 3.46. The Morgan fingerprint density at radius 3 is 3.06 bits per heavy atom. The number of anilines is 1. The van der Waals surface area contributed by atoms with E-state index in [1.165, 1.54) is 0 Å². The van der Waals surface area contributed by atoms with Gasteiger partial charge in [-0.1, -0.05) is 0 Å². The number of aromatic nitrogens is 1. The van der Waals surface area contributed by atoms with Crippen molar-refractivity contribution in [3.05, 3.63) is 18.3 Å². The van der Waals surface area contributed by atoms with E-state index in [1.807, 2.05) is 18.3 Å². The zero-order valence-corrected chi connectivity index (χ0v) is 10.1. The highest BCUT2D eigenvalue weighted by Crippen LogP contribution is 2.27. The van der Waals surface area contributed by atoms with Crippen LogP contribution >= 0.6 is 0 Å². The molecule has 1 aromatic heterocycles. The van der Waals surface area contributed by atoms with Crippen LogP contribution in [0.4, 0.5) is 5.82 Å². The monoisotopic (exact) mass is 221 g/mol. The van der Waals surface area contributed by atoms with Gasteiger partial charge in [0.05, 0.1) is 7.11 Å². The number of hydrogen-bond acceptors (Lipinski definition) is 4. The van der Waals surface area contributed by atoms with Gasteiger partial charge in [0.15, 0.2) is 11.6 Å². The second-order valence-electron chi connectivity index (χ2n) is 4.34. The highest BCUT2D eigenvalue weighted by molar-refractivity contribution is 5.53. The molecule has 1 aromatic rings. The van der Waals surface area contributed by atoms with Crippen molar-refractivity contribution in [1.29, 1.82) is 0 Å². The average molecular weight is 221 g/mol. The Morgan fingerprint density at radius 2 is 2.31 bits per heavy atom. The molecule has 4 nitrogen and oxygen atoms in total. The van der Waals surface area contributed by atoms with Crippen LogP contribution in [0.3, 0.4) is 0 Å². The van der Waals surface area contributed by atoms with Gasteiger partial charge in [-0.2, -0.15) is 0 Å². The molecule has 1 fully saturated rings. The van der Waals surface area contributed by atoms with E-state index in [0.717, 1.165) is 24.7 Å². The first-order valence-corrected chi connectivity index (χ1v) is 5.71. The van der Waals surface area contributed by atoms with Gasteiger partial charge in [-0.3, -0.25) is 0 Å². The fraction of sp³-hybridized carbons (Fsp3) is 0.583. The zero-order chi connectivity index (χ0) is 11.5. The number of nitrogens with one attached hydrogen (secondary N) is 1. The number of piperazine rings is 1. The summed E-state index contributed by atoms with van der Waals surface area (Å²) in [5.41, 5.74) is 0. The molecule has 0 saturated carbocycles. The second kappa shape index (κ2) is 4.70. The molecule has 0 bridgehead atoms. The molecule has 1 saturated heterocycles. The lowest BCUT2D eigenvalue weighted by molar-refractivity contribution is 0.393. The molecule has 0 radical (unpaired) electrons. The molecule has 0 spiro atoms. The summed E-state index contributed by atoms with van der Waals surface area (Å²) in [7, 11) is 1.69. The molecule has 2 unspecified atom stereocenters. The molecule has 2 atom stereocenters. The van der Waals surface area contributed by atoms with Gasteiger partial charge in [0.25, 0.3) is 0 Å². The van der Waals surface area contributed by atoms with Crippen LogP contribution in [-0.2, 0) is 0 Å². The molecule has 88 valence electrons. The van der Waals surface area contributed by atoms with Crippen LogP contribution in [0.5, 0.6) is 5.75 Å². The highest BCUT2D eigenvalue weighted by atomic mass is 16.5. The van der Waals surface area contributed by atoms with E-state index in [2.05, 4.69) is 29.0 Å². The quantitative estimate of drug-likeness (QED) is 0.816. The molecule has 16 heavy (non-hydrogen) atoms. The molecule has 2 heterocycles. The number of nitrogens with zero attached hydrogens (tertiary/aromatic N) is 2. The maximum absolute atomic E-state index is 5.36. The Labute approximate surface area is 96.6 Å². The van der Waals surface area contributed by atoms with Crippen molar-refractivity contribution < 1.29 is 4.74 Å². The largest absolute Gasteiger partial charge is 0.493 e. The first kappa shape index (κ1) is 11.2. The lowest BCUT2D eigenvalue weighted by atomic mass is 10.1. The van der Waals surface area contributed by atoms with Crippen molar-refractivity contribution in [3.8, 4) is 5.75 Å². The van der Waals surface area contributed by atoms with Gasteiger partial charge >= 0.3 is 0 Å². The number of hydrogen-bond donors (Lipinski definition) is 1. The smallest absolute Gasteiger partial charge is 0.171 e. The number of ether oxygens (including phenoxy) is 1. The minimum Gasteiger partial charge on any atom is -0.493 e. The normalized spacial score (nSPS) is 25.6. The van der Waals surface area contributed by atoms with E-state index in [9.17, 15) is 0 Å². The van der Waals surface area contributed by atoms with E-state index >= 15 is 0 Å². The van der Waals surface area contributed by atoms with E-state index in [0.29, 0.717) is 12.1 Å².